The highest BCUT2D eigenvalue weighted by Crippen LogP contribution is 2.12. The van der Waals surface area contributed by atoms with Gasteiger partial charge in [0.1, 0.15) is 0 Å². The van der Waals surface area contributed by atoms with Gasteiger partial charge in [-0.25, -0.2) is 0 Å². The Morgan fingerprint density at radius 1 is 0.810 bits per heavy atom. The normalized spacial score (nSPS) is 11.9. The second-order valence-electron chi connectivity index (χ2n) is 6.07. The minimum Gasteiger partial charge on any atom is -0.327 e. The zero-order chi connectivity index (χ0) is 14.5. The Balaban J connectivity index is 0.00000400. The first-order chi connectivity index (χ1) is 9.83. The molecule has 1 rings (SSSR count). The average Bonchev–Trinajstić information content (AvgIpc) is 2.46. The van der Waals surface area contributed by atoms with Crippen LogP contribution in [0.2, 0.25) is 0 Å². The average molecular weight is 312 g/mol. The smallest absolute Gasteiger partial charge is 0.00793 e. The molecule has 1 atom stereocenters. The summed E-state index contributed by atoms with van der Waals surface area (Å²) in [4.78, 5) is 0. The fourth-order valence-electron chi connectivity index (χ4n) is 2.74. The molecular weight excluding hydrogens is 278 g/mol. The number of hydrogen-bond donors (Lipinski definition) is 1. The SMILES string of the molecule is CCCCCCCCCCCC(N)Cc1ccccc1.Cl. The fourth-order valence-corrected chi connectivity index (χ4v) is 2.74. The molecule has 0 fully saturated rings. The van der Waals surface area contributed by atoms with Crippen LogP contribution in [0.25, 0.3) is 0 Å². The molecule has 1 nitrogen and oxygen atoms in total. The summed E-state index contributed by atoms with van der Waals surface area (Å²) in [7, 11) is 0. The lowest BCUT2D eigenvalue weighted by atomic mass is 10.00. The zero-order valence-corrected chi connectivity index (χ0v) is 14.5. The van der Waals surface area contributed by atoms with Crippen LogP contribution in [0.3, 0.4) is 0 Å². The van der Waals surface area contributed by atoms with Gasteiger partial charge < -0.3 is 5.73 Å². The molecule has 2 heteroatoms. The lowest BCUT2D eigenvalue weighted by molar-refractivity contribution is 0.522. The van der Waals surface area contributed by atoms with Gasteiger partial charge in [-0.2, -0.15) is 0 Å². The molecule has 0 heterocycles. The Labute approximate surface area is 138 Å². The zero-order valence-electron chi connectivity index (χ0n) is 13.7. The number of unbranched alkanes of at least 4 members (excludes halogenated alkanes) is 8. The molecule has 0 saturated carbocycles. The molecule has 0 spiro atoms. The maximum atomic E-state index is 6.20. The summed E-state index contributed by atoms with van der Waals surface area (Å²) in [6.07, 6.45) is 14.7. The van der Waals surface area contributed by atoms with E-state index in [2.05, 4.69) is 37.3 Å². The van der Waals surface area contributed by atoms with Gasteiger partial charge in [0.05, 0.1) is 0 Å². The van der Waals surface area contributed by atoms with Crippen LogP contribution >= 0.6 is 12.4 Å². The van der Waals surface area contributed by atoms with Gasteiger partial charge in [-0.05, 0) is 18.4 Å². The fraction of sp³-hybridized carbons (Fsp3) is 0.684. The number of rotatable bonds is 12. The number of nitrogens with two attached hydrogens (primary N) is 1. The highest BCUT2D eigenvalue weighted by molar-refractivity contribution is 5.85. The van der Waals surface area contributed by atoms with Crippen molar-refractivity contribution in [2.45, 2.75) is 83.6 Å². The Kier molecular flexibility index (Phi) is 14.0. The van der Waals surface area contributed by atoms with Crippen molar-refractivity contribution in [2.75, 3.05) is 0 Å². The van der Waals surface area contributed by atoms with Crippen LogP contribution in [0.4, 0.5) is 0 Å². The van der Waals surface area contributed by atoms with Crippen LogP contribution in [-0.2, 0) is 6.42 Å². The number of benzene rings is 1. The lowest BCUT2D eigenvalue weighted by Crippen LogP contribution is -2.22. The molecule has 0 saturated heterocycles. The highest BCUT2D eigenvalue weighted by Gasteiger charge is 2.03. The highest BCUT2D eigenvalue weighted by atomic mass is 35.5. The molecule has 0 aliphatic carbocycles. The van der Waals surface area contributed by atoms with E-state index in [1.54, 1.807) is 0 Å². The second-order valence-corrected chi connectivity index (χ2v) is 6.07. The molecule has 21 heavy (non-hydrogen) atoms. The van der Waals surface area contributed by atoms with E-state index in [0.717, 1.165) is 6.42 Å². The van der Waals surface area contributed by atoms with E-state index in [4.69, 9.17) is 5.73 Å². The quantitative estimate of drug-likeness (QED) is 0.478. The van der Waals surface area contributed by atoms with E-state index < -0.39 is 0 Å². The monoisotopic (exact) mass is 311 g/mol. The molecule has 122 valence electrons. The van der Waals surface area contributed by atoms with Crippen molar-refractivity contribution in [1.29, 1.82) is 0 Å². The molecule has 1 aromatic rings. The summed E-state index contributed by atoms with van der Waals surface area (Å²) in [5.41, 5.74) is 7.57. The Morgan fingerprint density at radius 2 is 1.33 bits per heavy atom. The van der Waals surface area contributed by atoms with Crippen LogP contribution in [0, 0.1) is 0 Å². The molecule has 0 amide bonds. The predicted octanol–water partition coefficient (Wildman–Crippen LogP) is 5.90. The van der Waals surface area contributed by atoms with Gasteiger partial charge in [0.25, 0.3) is 0 Å². The van der Waals surface area contributed by atoms with Crippen molar-refractivity contribution in [3.8, 4) is 0 Å². The Bertz CT molecular complexity index is 313. The van der Waals surface area contributed by atoms with Gasteiger partial charge in [-0.1, -0.05) is 95.0 Å². The molecule has 0 aliphatic heterocycles. The summed E-state index contributed by atoms with van der Waals surface area (Å²) in [6, 6.07) is 10.9. The van der Waals surface area contributed by atoms with Gasteiger partial charge in [0, 0.05) is 6.04 Å². The topological polar surface area (TPSA) is 26.0 Å². The first-order valence-electron chi connectivity index (χ1n) is 8.62. The molecular formula is C19H34ClN. The first kappa shape index (κ1) is 20.5. The van der Waals surface area contributed by atoms with Crippen molar-refractivity contribution < 1.29 is 0 Å². The summed E-state index contributed by atoms with van der Waals surface area (Å²) < 4.78 is 0. The molecule has 0 aliphatic rings. The van der Waals surface area contributed by atoms with Crippen molar-refractivity contribution in [1.82, 2.24) is 0 Å². The van der Waals surface area contributed by atoms with Gasteiger partial charge in [0.15, 0.2) is 0 Å². The second kappa shape index (κ2) is 14.4. The van der Waals surface area contributed by atoms with E-state index in [9.17, 15) is 0 Å². The summed E-state index contributed by atoms with van der Waals surface area (Å²) in [5, 5.41) is 0. The third-order valence-corrected chi connectivity index (χ3v) is 4.02. The number of halogens is 1. The van der Waals surface area contributed by atoms with Crippen LogP contribution in [0.15, 0.2) is 30.3 Å². The van der Waals surface area contributed by atoms with Gasteiger partial charge in [-0.15, -0.1) is 12.4 Å². The van der Waals surface area contributed by atoms with Crippen molar-refractivity contribution in [3.63, 3.8) is 0 Å². The van der Waals surface area contributed by atoms with Crippen LogP contribution in [0.5, 0.6) is 0 Å². The Morgan fingerprint density at radius 3 is 1.90 bits per heavy atom. The maximum absolute atomic E-state index is 6.20. The third-order valence-electron chi connectivity index (χ3n) is 4.02. The largest absolute Gasteiger partial charge is 0.327 e. The number of hydrogen-bond acceptors (Lipinski definition) is 1. The third kappa shape index (κ3) is 11.8. The van der Waals surface area contributed by atoms with E-state index >= 15 is 0 Å². The summed E-state index contributed by atoms with van der Waals surface area (Å²) in [6.45, 7) is 2.28. The van der Waals surface area contributed by atoms with Crippen LogP contribution in [-0.4, -0.2) is 6.04 Å². The van der Waals surface area contributed by atoms with Crippen molar-refractivity contribution in [2.24, 2.45) is 5.73 Å². The minimum absolute atomic E-state index is 0. The van der Waals surface area contributed by atoms with Crippen LogP contribution < -0.4 is 5.73 Å². The molecule has 2 N–H and O–H groups in total. The van der Waals surface area contributed by atoms with Gasteiger partial charge in [0.2, 0.25) is 0 Å². The molecule has 0 aromatic heterocycles. The predicted molar refractivity (Wildman–Crippen MR) is 97.2 cm³/mol. The summed E-state index contributed by atoms with van der Waals surface area (Å²) >= 11 is 0. The van der Waals surface area contributed by atoms with E-state index in [0.29, 0.717) is 6.04 Å². The summed E-state index contributed by atoms with van der Waals surface area (Å²) in [5.74, 6) is 0. The van der Waals surface area contributed by atoms with E-state index in [1.165, 1.54) is 69.8 Å². The molecule has 1 unspecified atom stereocenters. The van der Waals surface area contributed by atoms with Crippen molar-refractivity contribution in [3.05, 3.63) is 35.9 Å². The molecule has 0 bridgehead atoms. The first-order valence-corrected chi connectivity index (χ1v) is 8.62. The van der Waals surface area contributed by atoms with Crippen molar-refractivity contribution >= 4 is 12.4 Å². The lowest BCUT2D eigenvalue weighted by Gasteiger charge is -2.11. The maximum Gasteiger partial charge on any atom is 0.00793 e. The standard InChI is InChI=1S/C19H33N.ClH/c1-2-3-4-5-6-7-8-9-13-16-19(20)17-18-14-11-10-12-15-18;/h10-12,14-15,19H,2-9,13,16-17,20H2,1H3;1H. The van der Waals surface area contributed by atoms with E-state index in [1.807, 2.05) is 0 Å². The van der Waals surface area contributed by atoms with Crippen LogP contribution in [0.1, 0.15) is 76.7 Å². The molecule has 1 aromatic carbocycles. The molecule has 0 radical (unpaired) electrons. The minimum atomic E-state index is 0. The van der Waals surface area contributed by atoms with Gasteiger partial charge in [-0.3, -0.25) is 0 Å². The van der Waals surface area contributed by atoms with Gasteiger partial charge >= 0.3 is 0 Å². The van der Waals surface area contributed by atoms with E-state index in [-0.39, 0.29) is 12.4 Å². The Hall–Kier alpha value is -0.530.